The predicted octanol–water partition coefficient (Wildman–Crippen LogP) is 3.65. The van der Waals surface area contributed by atoms with Crippen LogP contribution in [-0.4, -0.2) is 37.1 Å². The lowest BCUT2D eigenvalue weighted by atomic mass is 10.2. The molecule has 0 atom stereocenters. The number of hydrogen-bond donors (Lipinski definition) is 0. The number of nitrogens with zero attached hydrogens (tertiary/aromatic N) is 3. The maximum absolute atomic E-state index is 12.9. The summed E-state index contributed by atoms with van der Waals surface area (Å²) in [5.41, 5.74) is -3.50. The quantitative estimate of drug-likeness (QED) is 0.669. The van der Waals surface area contributed by atoms with Crippen molar-refractivity contribution in [1.29, 1.82) is 0 Å². The highest BCUT2D eigenvalue weighted by Gasteiger charge is 2.37. The third-order valence-electron chi connectivity index (χ3n) is 3.47. The zero-order valence-corrected chi connectivity index (χ0v) is 15.7. The second kappa shape index (κ2) is 7.31. The topological polar surface area (TPSA) is 80.2 Å². The number of pyridine rings is 1. The molecule has 0 fully saturated rings. The van der Waals surface area contributed by atoms with Crippen molar-refractivity contribution < 1.29 is 39.6 Å². The van der Waals surface area contributed by atoms with Gasteiger partial charge in [0.2, 0.25) is 0 Å². The van der Waals surface area contributed by atoms with Gasteiger partial charge in [-0.1, -0.05) is 6.92 Å². The molecule has 1 amide bonds. The molecule has 0 spiro atoms. The van der Waals surface area contributed by atoms with Gasteiger partial charge in [0.15, 0.2) is 20.7 Å². The van der Waals surface area contributed by atoms with Crippen LogP contribution >= 0.6 is 11.3 Å². The van der Waals surface area contributed by atoms with Crippen LogP contribution in [0.25, 0.3) is 0 Å². The average molecular weight is 447 g/mol. The number of hydrogen-bond acceptors (Lipinski definition) is 6. The second-order valence-corrected chi connectivity index (χ2v) is 8.43. The van der Waals surface area contributed by atoms with E-state index < -0.39 is 60.8 Å². The Morgan fingerprint density at radius 2 is 1.79 bits per heavy atom. The molecular weight excluding hydrogens is 436 g/mol. The summed E-state index contributed by atoms with van der Waals surface area (Å²) in [7, 11) is -3.29. The molecule has 0 radical (unpaired) electrons. The van der Waals surface area contributed by atoms with E-state index in [1.807, 2.05) is 0 Å². The summed E-state index contributed by atoms with van der Waals surface area (Å²) in [6.07, 6.45) is -9.39. The summed E-state index contributed by atoms with van der Waals surface area (Å²) in [6.45, 7) is 1.16. The molecule has 14 heteroatoms. The van der Waals surface area contributed by atoms with E-state index >= 15 is 0 Å². The first kappa shape index (κ1) is 22.1. The Kier molecular flexibility index (Phi) is 5.76. The molecule has 0 aliphatic rings. The third-order valence-corrected chi connectivity index (χ3v) is 6.13. The molecule has 0 bridgehead atoms. The third kappa shape index (κ3) is 4.43. The Morgan fingerprint density at radius 1 is 1.18 bits per heavy atom. The van der Waals surface area contributed by atoms with Crippen molar-refractivity contribution in [3.05, 3.63) is 34.6 Å². The van der Waals surface area contributed by atoms with Crippen LogP contribution in [0.5, 0.6) is 0 Å². The Labute approximate surface area is 158 Å². The van der Waals surface area contributed by atoms with Crippen LogP contribution in [-0.2, 0) is 22.2 Å². The Balaban J connectivity index is 2.54. The summed E-state index contributed by atoms with van der Waals surface area (Å²) in [6, 6.07) is 0.274. The van der Waals surface area contributed by atoms with E-state index in [0.29, 0.717) is 21.6 Å². The van der Waals surface area contributed by atoms with Crippen LogP contribution in [0.4, 0.5) is 31.5 Å². The van der Waals surface area contributed by atoms with Crippen LogP contribution in [0.3, 0.4) is 0 Å². The van der Waals surface area contributed by atoms with E-state index in [2.05, 4.69) is 9.97 Å². The van der Waals surface area contributed by atoms with Gasteiger partial charge in [0.1, 0.15) is 5.69 Å². The molecule has 2 rings (SSSR count). The molecule has 0 saturated heterocycles. The van der Waals surface area contributed by atoms with Gasteiger partial charge in [0.05, 0.1) is 16.2 Å². The van der Waals surface area contributed by atoms with Crippen molar-refractivity contribution in [2.45, 2.75) is 24.2 Å². The number of aromatic nitrogens is 2. The van der Waals surface area contributed by atoms with Gasteiger partial charge in [0.25, 0.3) is 5.91 Å². The van der Waals surface area contributed by atoms with Gasteiger partial charge in [-0.15, -0.1) is 11.3 Å². The van der Waals surface area contributed by atoms with Crippen LogP contribution in [0.2, 0.25) is 0 Å². The SMILES string of the molecule is CCS(=O)(=O)c1cc(C(F)(F)F)cnc1C(=O)N(C)c1nc(C(F)(F)F)cs1. The monoisotopic (exact) mass is 447 g/mol. The highest BCUT2D eigenvalue weighted by atomic mass is 32.2. The van der Waals surface area contributed by atoms with Crippen molar-refractivity contribution >= 4 is 32.2 Å². The molecule has 0 N–H and O–H groups in total. The van der Waals surface area contributed by atoms with Crippen molar-refractivity contribution in [3.8, 4) is 0 Å². The molecule has 154 valence electrons. The van der Waals surface area contributed by atoms with E-state index in [-0.39, 0.29) is 12.3 Å². The maximum Gasteiger partial charge on any atom is 0.434 e. The standard InChI is InChI=1S/C14H11F6N3O3S2/c1-3-28(25,26)8-4-7(13(15,16)17)5-21-10(8)11(24)23(2)12-22-9(6-27-12)14(18,19)20/h4-6H,3H2,1-2H3. The molecule has 0 aliphatic heterocycles. The summed E-state index contributed by atoms with van der Waals surface area (Å²) in [5.74, 6) is -1.83. The van der Waals surface area contributed by atoms with Crippen molar-refractivity contribution in [3.63, 3.8) is 0 Å². The fraction of sp³-hybridized carbons (Fsp3) is 0.357. The number of carbonyl (C=O) groups excluding carboxylic acids is 1. The van der Waals surface area contributed by atoms with Gasteiger partial charge in [-0.2, -0.15) is 26.3 Å². The summed E-state index contributed by atoms with van der Waals surface area (Å²) < 4.78 is 101. The van der Waals surface area contributed by atoms with Crippen LogP contribution in [0.15, 0.2) is 22.5 Å². The molecular formula is C14H11F6N3O3S2. The number of halogens is 6. The maximum atomic E-state index is 12.9. The van der Waals surface area contributed by atoms with Gasteiger partial charge >= 0.3 is 12.4 Å². The van der Waals surface area contributed by atoms with Crippen molar-refractivity contribution in [1.82, 2.24) is 9.97 Å². The van der Waals surface area contributed by atoms with Gasteiger partial charge in [-0.3, -0.25) is 9.69 Å². The van der Waals surface area contributed by atoms with Crippen LogP contribution in [0.1, 0.15) is 28.7 Å². The van der Waals surface area contributed by atoms with E-state index in [1.54, 1.807) is 0 Å². The normalized spacial score (nSPS) is 12.9. The number of amides is 1. The first-order chi connectivity index (χ1) is 12.7. The Morgan fingerprint density at radius 3 is 2.25 bits per heavy atom. The summed E-state index contributed by atoms with van der Waals surface area (Å²) in [4.78, 5) is 18.7. The number of sulfone groups is 1. The van der Waals surface area contributed by atoms with Crippen LogP contribution < -0.4 is 4.90 Å². The molecule has 0 saturated carbocycles. The van der Waals surface area contributed by atoms with E-state index in [9.17, 15) is 39.6 Å². The van der Waals surface area contributed by atoms with Crippen LogP contribution in [0, 0.1) is 0 Å². The smallest absolute Gasteiger partial charge is 0.286 e. The number of anilines is 1. The number of rotatable bonds is 4. The van der Waals surface area contributed by atoms with Crippen molar-refractivity contribution in [2.75, 3.05) is 17.7 Å². The highest BCUT2D eigenvalue weighted by Crippen LogP contribution is 2.34. The number of alkyl halides is 6. The minimum Gasteiger partial charge on any atom is -0.286 e. The number of carbonyl (C=O) groups is 1. The molecule has 2 aromatic rings. The van der Waals surface area contributed by atoms with E-state index in [4.69, 9.17) is 0 Å². The van der Waals surface area contributed by atoms with Gasteiger partial charge in [-0.05, 0) is 6.07 Å². The fourth-order valence-corrected chi connectivity index (χ4v) is 3.79. The molecule has 28 heavy (non-hydrogen) atoms. The van der Waals surface area contributed by atoms with Crippen molar-refractivity contribution in [2.24, 2.45) is 0 Å². The molecule has 6 nitrogen and oxygen atoms in total. The minimum atomic E-state index is -4.91. The lowest BCUT2D eigenvalue weighted by Crippen LogP contribution is -2.29. The largest absolute Gasteiger partial charge is 0.434 e. The summed E-state index contributed by atoms with van der Waals surface area (Å²) >= 11 is 0.451. The Bertz CT molecular complexity index is 998. The van der Waals surface area contributed by atoms with Gasteiger partial charge in [0, 0.05) is 18.6 Å². The van der Waals surface area contributed by atoms with E-state index in [1.165, 1.54) is 0 Å². The Hall–Kier alpha value is -2.22. The lowest BCUT2D eigenvalue weighted by Gasteiger charge is -2.17. The molecule has 0 aromatic carbocycles. The average Bonchev–Trinajstić information content (AvgIpc) is 3.09. The molecule has 2 aromatic heterocycles. The first-order valence-corrected chi connectivity index (χ1v) is 9.82. The fourth-order valence-electron chi connectivity index (χ4n) is 1.95. The second-order valence-electron chi connectivity index (χ2n) is 5.35. The number of thiazole rings is 1. The molecule has 0 aliphatic carbocycles. The summed E-state index contributed by atoms with van der Waals surface area (Å²) in [5, 5.41) is 0.210. The highest BCUT2D eigenvalue weighted by molar-refractivity contribution is 7.91. The zero-order chi connectivity index (χ0) is 21.5. The van der Waals surface area contributed by atoms with Gasteiger partial charge in [-0.25, -0.2) is 18.4 Å². The minimum absolute atomic E-state index is 0.274. The predicted molar refractivity (Wildman–Crippen MR) is 86.8 cm³/mol. The molecule has 0 unspecified atom stereocenters. The first-order valence-electron chi connectivity index (χ1n) is 7.29. The molecule has 2 heterocycles. The van der Waals surface area contributed by atoms with Gasteiger partial charge < -0.3 is 0 Å². The van der Waals surface area contributed by atoms with E-state index in [0.717, 1.165) is 14.0 Å². The zero-order valence-electron chi connectivity index (χ0n) is 14.1. The lowest BCUT2D eigenvalue weighted by molar-refractivity contribution is -0.140.